The van der Waals surface area contributed by atoms with E-state index >= 15 is 0 Å². The number of hydrogen-bond donors (Lipinski definition) is 1. The molecule has 3 heteroatoms. The smallest absolute Gasteiger partial charge is 0.217 e. The molecule has 0 saturated carbocycles. The van der Waals surface area contributed by atoms with E-state index in [4.69, 9.17) is 4.74 Å². The monoisotopic (exact) mass is 256 g/mol. The van der Waals surface area contributed by atoms with Crippen molar-refractivity contribution in [1.29, 1.82) is 0 Å². The van der Waals surface area contributed by atoms with Crippen LogP contribution in [0.4, 0.5) is 0 Å². The number of nitrogens with zero attached hydrogens (tertiary/aromatic N) is 1. The topological polar surface area (TPSA) is 34.1 Å². The van der Waals surface area contributed by atoms with Crippen molar-refractivity contribution in [2.24, 2.45) is 0 Å². The first-order valence-electron chi connectivity index (χ1n) is 6.54. The van der Waals surface area contributed by atoms with Crippen LogP contribution in [0.3, 0.4) is 0 Å². The zero-order valence-electron chi connectivity index (χ0n) is 11.5. The molecule has 1 aromatic carbocycles. The first kappa shape index (κ1) is 13.6. The molecular weight excluding hydrogens is 236 g/mol. The van der Waals surface area contributed by atoms with Crippen molar-refractivity contribution in [2.45, 2.75) is 19.9 Å². The van der Waals surface area contributed by atoms with Crippen molar-refractivity contribution in [2.75, 3.05) is 13.7 Å². The molecule has 3 nitrogen and oxygen atoms in total. The highest BCUT2D eigenvalue weighted by Gasteiger charge is 2.02. The molecule has 0 fully saturated rings. The summed E-state index contributed by atoms with van der Waals surface area (Å²) in [5.41, 5.74) is 3.77. The summed E-state index contributed by atoms with van der Waals surface area (Å²) in [6, 6.07) is 12.6. The number of aryl methyl sites for hydroxylation is 1. The number of benzene rings is 1. The maximum absolute atomic E-state index is 5.23. The summed E-state index contributed by atoms with van der Waals surface area (Å²) >= 11 is 0. The summed E-state index contributed by atoms with van der Waals surface area (Å²) in [5.74, 6) is 0.700. The lowest BCUT2D eigenvalue weighted by Gasteiger charge is -2.08. The fraction of sp³-hybridized carbons (Fsp3) is 0.312. The third-order valence-corrected chi connectivity index (χ3v) is 3.03. The Bertz CT molecular complexity index is 526. The predicted molar refractivity (Wildman–Crippen MR) is 77.4 cm³/mol. The lowest BCUT2D eigenvalue weighted by Crippen LogP contribution is -2.17. The lowest BCUT2D eigenvalue weighted by molar-refractivity contribution is 0.390. The maximum atomic E-state index is 5.23. The van der Waals surface area contributed by atoms with E-state index in [0.717, 1.165) is 25.1 Å². The fourth-order valence-electron chi connectivity index (χ4n) is 2.07. The summed E-state index contributed by atoms with van der Waals surface area (Å²) in [4.78, 5) is 4.18. The molecule has 0 bridgehead atoms. The molecular formula is C16H20N2O. The first-order valence-corrected chi connectivity index (χ1v) is 6.54. The minimum absolute atomic E-state index is 0.700. The minimum atomic E-state index is 0.700. The van der Waals surface area contributed by atoms with Crippen LogP contribution in [0.2, 0.25) is 0 Å². The van der Waals surface area contributed by atoms with Crippen LogP contribution in [-0.2, 0) is 13.0 Å². The third kappa shape index (κ3) is 4.07. The van der Waals surface area contributed by atoms with Gasteiger partial charge in [-0.3, -0.25) is 0 Å². The molecule has 1 heterocycles. The fourth-order valence-corrected chi connectivity index (χ4v) is 2.07. The largest absolute Gasteiger partial charge is 0.481 e. The van der Waals surface area contributed by atoms with Crippen molar-refractivity contribution >= 4 is 0 Å². The zero-order chi connectivity index (χ0) is 13.5. The summed E-state index contributed by atoms with van der Waals surface area (Å²) in [7, 11) is 1.65. The van der Waals surface area contributed by atoms with Gasteiger partial charge in [0, 0.05) is 18.3 Å². The van der Waals surface area contributed by atoms with Gasteiger partial charge in [-0.1, -0.05) is 35.9 Å². The van der Waals surface area contributed by atoms with Gasteiger partial charge in [-0.2, -0.15) is 0 Å². The molecule has 0 aliphatic rings. The number of pyridine rings is 1. The van der Waals surface area contributed by atoms with Crippen LogP contribution in [0.25, 0.3) is 0 Å². The van der Waals surface area contributed by atoms with Crippen LogP contribution in [0.5, 0.6) is 5.88 Å². The third-order valence-electron chi connectivity index (χ3n) is 3.03. The molecule has 0 aliphatic carbocycles. The van der Waals surface area contributed by atoms with Crippen LogP contribution in [0.1, 0.15) is 16.7 Å². The number of ether oxygens (including phenoxy) is 1. The Hall–Kier alpha value is -1.87. The highest BCUT2D eigenvalue weighted by Crippen LogP contribution is 2.12. The second-order valence-electron chi connectivity index (χ2n) is 4.59. The van der Waals surface area contributed by atoms with E-state index < -0.39 is 0 Å². The Balaban J connectivity index is 1.81. The molecule has 0 saturated heterocycles. The van der Waals surface area contributed by atoms with E-state index in [1.807, 2.05) is 12.1 Å². The standard InChI is InChI=1S/C16H20N2O/c1-13-5-3-6-14(11-13)8-10-17-12-15-7-4-9-18-16(15)19-2/h3-7,9,11,17H,8,10,12H2,1-2H3. The molecule has 1 N–H and O–H groups in total. The molecule has 0 spiro atoms. The number of hydrogen-bond acceptors (Lipinski definition) is 3. The summed E-state index contributed by atoms with van der Waals surface area (Å²) in [6.07, 6.45) is 2.78. The van der Waals surface area contributed by atoms with Crippen LogP contribution in [-0.4, -0.2) is 18.6 Å². The van der Waals surface area contributed by atoms with E-state index in [9.17, 15) is 0 Å². The number of methoxy groups -OCH3 is 1. The SMILES string of the molecule is COc1ncccc1CNCCc1cccc(C)c1. The van der Waals surface area contributed by atoms with E-state index in [2.05, 4.69) is 41.5 Å². The summed E-state index contributed by atoms with van der Waals surface area (Å²) < 4.78 is 5.23. The van der Waals surface area contributed by atoms with Crippen LogP contribution >= 0.6 is 0 Å². The second-order valence-corrected chi connectivity index (χ2v) is 4.59. The van der Waals surface area contributed by atoms with E-state index in [0.29, 0.717) is 5.88 Å². The van der Waals surface area contributed by atoms with Crippen molar-refractivity contribution in [3.63, 3.8) is 0 Å². The molecule has 0 amide bonds. The van der Waals surface area contributed by atoms with Gasteiger partial charge in [0.05, 0.1) is 7.11 Å². The quantitative estimate of drug-likeness (QED) is 0.807. The van der Waals surface area contributed by atoms with E-state index in [1.54, 1.807) is 13.3 Å². The molecule has 2 aromatic rings. The van der Waals surface area contributed by atoms with Crippen LogP contribution in [0, 0.1) is 6.92 Å². The molecule has 2 rings (SSSR count). The highest BCUT2D eigenvalue weighted by atomic mass is 16.5. The van der Waals surface area contributed by atoms with Crippen LogP contribution in [0.15, 0.2) is 42.6 Å². The van der Waals surface area contributed by atoms with Gasteiger partial charge in [0.2, 0.25) is 5.88 Å². The molecule has 0 atom stereocenters. The normalized spacial score (nSPS) is 10.4. The lowest BCUT2D eigenvalue weighted by atomic mass is 10.1. The van der Waals surface area contributed by atoms with E-state index in [-0.39, 0.29) is 0 Å². The van der Waals surface area contributed by atoms with Gasteiger partial charge >= 0.3 is 0 Å². The van der Waals surface area contributed by atoms with Gasteiger partial charge in [0.25, 0.3) is 0 Å². The Morgan fingerprint density at radius 1 is 1.21 bits per heavy atom. The number of aromatic nitrogens is 1. The Morgan fingerprint density at radius 2 is 2.11 bits per heavy atom. The molecule has 100 valence electrons. The summed E-state index contributed by atoms with van der Waals surface area (Å²) in [6.45, 7) is 3.85. The van der Waals surface area contributed by atoms with Crippen molar-refractivity contribution in [3.8, 4) is 5.88 Å². The van der Waals surface area contributed by atoms with Gasteiger partial charge in [-0.05, 0) is 31.5 Å². The van der Waals surface area contributed by atoms with Crippen molar-refractivity contribution < 1.29 is 4.74 Å². The molecule has 0 radical (unpaired) electrons. The highest BCUT2D eigenvalue weighted by molar-refractivity contribution is 5.25. The molecule has 19 heavy (non-hydrogen) atoms. The van der Waals surface area contributed by atoms with Crippen LogP contribution < -0.4 is 10.1 Å². The molecule has 0 aliphatic heterocycles. The molecule has 1 aromatic heterocycles. The van der Waals surface area contributed by atoms with Gasteiger partial charge < -0.3 is 10.1 Å². The van der Waals surface area contributed by atoms with E-state index in [1.165, 1.54) is 11.1 Å². The van der Waals surface area contributed by atoms with Gasteiger partial charge in [0.15, 0.2) is 0 Å². The zero-order valence-corrected chi connectivity index (χ0v) is 11.5. The Kier molecular flexibility index (Phi) is 4.93. The predicted octanol–water partition coefficient (Wildman–Crippen LogP) is 2.73. The Morgan fingerprint density at radius 3 is 2.89 bits per heavy atom. The number of nitrogens with one attached hydrogen (secondary N) is 1. The van der Waals surface area contributed by atoms with Crippen molar-refractivity contribution in [3.05, 3.63) is 59.3 Å². The second kappa shape index (κ2) is 6.90. The average Bonchev–Trinajstić information content (AvgIpc) is 2.44. The van der Waals surface area contributed by atoms with Gasteiger partial charge in [-0.15, -0.1) is 0 Å². The first-order chi connectivity index (χ1) is 9.29. The van der Waals surface area contributed by atoms with Gasteiger partial charge in [0.1, 0.15) is 0 Å². The average molecular weight is 256 g/mol. The maximum Gasteiger partial charge on any atom is 0.217 e. The van der Waals surface area contributed by atoms with Gasteiger partial charge in [-0.25, -0.2) is 4.98 Å². The Labute approximate surface area is 114 Å². The number of rotatable bonds is 6. The minimum Gasteiger partial charge on any atom is -0.481 e. The van der Waals surface area contributed by atoms with Crippen molar-refractivity contribution in [1.82, 2.24) is 10.3 Å². The summed E-state index contributed by atoms with van der Waals surface area (Å²) in [5, 5.41) is 3.42. The molecule has 0 unspecified atom stereocenters.